The average Bonchev–Trinajstić information content (AvgIpc) is 2.63. The summed E-state index contributed by atoms with van der Waals surface area (Å²) in [6.07, 6.45) is 0.528. The third-order valence-electron chi connectivity index (χ3n) is 3.32. The Morgan fingerprint density at radius 1 is 0.880 bits per heavy atom. The number of hydrogen-bond acceptors (Lipinski definition) is 4. The Bertz CT molecular complexity index is 797. The van der Waals surface area contributed by atoms with Crippen LogP contribution in [0.4, 0.5) is 22.0 Å². The van der Waals surface area contributed by atoms with E-state index >= 15 is 0 Å². The Kier molecular flexibility index (Phi) is 5.89. The predicted molar refractivity (Wildman–Crippen MR) is 80.7 cm³/mol. The summed E-state index contributed by atoms with van der Waals surface area (Å²) in [5.74, 6) is -10.2. The van der Waals surface area contributed by atoms with Crippen molar-refractivity contribution in [1.29, 1.82) is 0 Å². The lowest BCUT2D eigenvalue weighted by atomic mass is 10.2. The topological polar surface area (TPSA) is 35.5 Å². The van der Waals surface area contributed by atoms with Crippen molar-refractivity contribution in [2.24, 2.45) is 0 Å². The second-order valence-electron chi connectivity index (χ2n) is 4.70. The number of hydrogen-bond donors (Lipinski definition) is 0. The molecule has 0 spiro atoms. The number of halogens is 5. The molecule has 0 saturated carbocycles. The lowest BCUT2D eigenvalue weighted by Crippen LogP contribution is -2.06. The molecule has 0 saturated heterocycles. The number of benzene rings is 2. The van der Waals surface area contributed by atoms with E-state index in [1.807, 2.05) is 0 Å². The summed E-state index contributed by atoms with van der Waals surface area (Å²) in [6, 6.07) is 2.71. The molecule has 0 radical (unpaired) electrons. The number of methoxy groups -OCH3 is 2. The Morgan fingerprint density at radius 2 is 1.40 bits per heavy atom. The van der Waals surface area contributed by atoms with E-state index in [2.05, 4.69) is 0 Å². The van der Waals surface area contributed by atoms with E-state index in [1.165, 1.54) is 26.4 Å². The smallest absolute Gasteiger partial charge is 0.200 e. The summed E-state index contributed by atoms with van der Waals surface area (Å²) in [7, 11) is 2.62. The first-order valence-corrected chi connectivity index (χ1v) is 7.68. The minimum absolute atomic E-state index is 0.177. The van der Waals surface area contributed by atoms with Gasteiger partial charge in [0.2, 0.25) is 5.82 Å². The van der Waals surface area contributed by atoms with E-state index in [9.17, 15) is 26.7 Å². The van der Waals surface area contributed by atoms with Gasteiger partial charge in [-0.1, -0.05) is 0 Å². The fraction of sp³-hybridized carbons (Fsp3) is 0.188. The maximum atomic E-state index is 13.7. The fourth-order valence-corrected chi connectivity index (χ4v) is 3.05. The average molecular weight is 378 g/mol. The SMILES string of the molecule is COc1cc(SCc2c(F)c(F)c(F)c(F)c2F)c(OC)cc1C=O. The highest BCUT2D eigenvalue weighted by Crippen LogP contribution is 2.38. The lowest BCUT2D eigenvalue weighted by Gasteiger charge is -2.13. The minimum Gasteiger partial charge on any atom is -0.496 e. The normalized spacial score (nSPS) is 10.7. The molecule has 0 fully saturated rings. The third-order valence-corrected chi connectivity index (χ3v) is 4.38. The summed E-state index contributed by atoms with van der Waals surface area (Å²) in [6.45, 7) is 0. The van der Waals surface area contributed by atoms with Gasteiger partial charge >= 0.3 is 0 Å². The van der Waals surface area contributed by atoms with Crippen LogP contribution in [0.3, 0.4) is 0 Å². The molecule has 2 aromatic carbocycles. The molecule has 0 unspecified atom stereocenters. The van der Waals surface area contributed by atoms with Crippen LogP contribution in [0, 0.1) is 29.1 Å². The van der Waals surface area contributed by atoms with Gasteiger partial charge in [0.15, 0.2) is 29.6 Å². The first-order chi connectivity index (χ1) is 11.8. The molecule has 0 N–H and O–H groups in total. The molecule has 0 aliphatic carbocycles. The van der Waals surface area contributed by atoms with Crippen LogP contribution < -0.4 is 9.47 Å². The standard InChI is InChI=1S/C16H11F5O3S/c1-23-9-4-11(10(24-2)3-7(9)5-22)25-6-8-12(17)14(19)16(21)15(20)13(8)18/h3-5H,6H2,1-2H3. The molecule has 0 heterocycles. The maximum Gasteiger partial charge on any atom is 0.200 e. The molecule has 134 valence electrons. The first kappa shape index (κ1) is 19.0. The zero-order valence-corrected chi connectivity index (χ0v) is 13.8. The van der Waals surface area contributed by atoms with Crippen LogP contribution in [-0.4, -0.2) is 20.5 Å². The van der Waals surface area contributed by atoms with Crippen LogP contribution in [0.5, 0.6) is 11.5 Å². The van der Waals surface area contributed by atoms with Crippen LogP contribution in [0.15, 0.2) is 17.0 Å². The quantitative estimate of drug-likeness (QED) is 0.244. The van der Waals surface area contributed by atoms with Crippen molar-refractivity contribution in [3.05, 3.63) is 52.3 Å². The Morgan fingerprint density at radius 3 is 1.88 bits per heavy atom. The molecule has 0 aliphatic heterocycles. The van der Waals surface area contributed by atoms with E-state index in [0.29, 0.717) is 11.2 Å². The van der Waals surface area contributed by atoms with Gasteiger partial charge in [-0.2, -0.15) is 0 Å². The highest BCUT2D eigenvalue weighted by atomic mass is 32.2. The molecule has 9 heteroatoms. The van der Waals surface area contributed by atoms with Gasteiger partial charge in [-0.15, -0.1) is 11.8 Å². The van der Waals surface area contributed by atoms with E-state index in [-0.39, 0.29) is 17.1 Å². The minimum atomic E-state index is -2.21. The van der Waals surface area contributed by atoms with Crippen molar-refractivity contribution in [1.82, 2.24) is 0 Å². The van der Waals surface area contributed by atoms with E-state index in [0.717, 1.165) is 11.8 Å². The van der Waals surface area contributed by atoms with Gasteiger partial charge in [0.25, 0.3) is 0 Å². The zero-order chi connectivity index (χ0) is 18.7. The highest BCUT2D eigenvalue weighted by molar-refractivity contribution is 7.98. The van der Waals surface area contributed by atoms with Crippen molar-refractivity contribution in [3.8, 4) is 11.5 Å². The number of thioether (sulfide) groups is 1. The van der Waals surface area contributed by atoms with Gasteiger partial charge in [0.1, 0.15) is 11.5 Å². The van der Waals surface area contributed by atoms with Crippen molar-refractivity contribution in [3.63, 3.8) is 0 Å². The van der Waals surface area contributed by atoms with Gasteiger partial charge < -0.3 is 9.47 Å². The van der Waals surface area contributed by atoms with Crippen LogP contribution in [0.1, 0.15) is 15.9 Å². The van der Waals surface area contributed by atoms with E-state index in [1.54, 1.807) is 0 Å². The number of carbonyl (C=O) groups excluding carboxylic acids is 1. The molecule has 0 bridgehead atoms. The third kappa shape index (κ3) is 3.55. The molecule has 0 atom stereocenters. The summed E-state index contributed by atoms with van der Waals surface area (Å²) >= 11 is 0.768. The summed E-state index contributed by atoms with van der Waals surface area (Å²) in [5.41, 5.74) is -0.776. The van der Waals surface area contributed by atoms with Crippen molar-refractivity contribution in [2.45, 2.75) is 10.6 Å². The Hall–Kier alpha value is -2.29. The highest BCUT2D eigenvalue weighted by Gasteiger charge is 2.26. The molecule has 25 heavy (non-hydrogen) atoms. The van der Waals surface area contributed by atoms with E-state index < -0.39 is 40.4 Å². The predicted octanol–water partition coefficient (Wildman–Crippen LogP) is 4.50. The number of carbonyl (C=O) groups is 1. The Labute approximate surface area is 143 Å². The van der Waals surface area contributed by atoms with Gasteiger partial charge in [-0.25, -0.2) is 22.0 Å². The first-order valence-electron chi connectivity index (χ1n) is 6.70. The number of aldehydes is 1. The van der Waals surface area contributed by atoms with Gasteiger partial charge in [-0.05, 0) is 12.1 Å². The monoisotopic (exact) mass is 378 g/mol. The summed E-state index contributed by atoms with van der Waals surface area (Å²) in [5, 5.41) is 0. The van der Waals surface area contributed by atoms with E-state index in [4.69, 9.17) is 9.47 Å². The maximum absolute atomic E-state index is 13.7. The fourth-order valence-electron chi connectivity index (χ4n) is 2.03. The Balaban J connectivity index is 2.41. The second-order valence-corrected chi connectivity index (χ2v) is 5.72. The largest absolute Gasteiger partial charge is 0.496 e. The molecule has 2 aromatic rings. The molecule has 3 nitrogen and oxygen atoms in total. The van der Waals surface area contributed by atoms with Gasteiger partial charge in [0, 0.05) is 11.3 Å². The molecule has 2 rings (SSSR count). The zero-order valence-electron chi connectivity index (χ0n) is 13.0. The molecular formula is C16H11F5O3S. The number of ether oxygens (including phenoxy) is 2. The lowest BCUT2D eigenvalue weighted by molar-refractivity contribution is 0.112. The summed E-state index contributed by atoms with van der Waals surface area (Å²) in [4.78, 5) is 11.3. The molecular weight excluding hydrogens is 367 g/mol. The molecule has 0 amide bonds. The van der Waals surface area contributed by atoms with Crippen molar-refractivity contribution >= 4 is 18.0 Å². The summed E-state index contributed by atoms with van der Waals surface area (Å²) < 4.78 is 77.0. The van der Waals surface area contributed by atoms with Crippen molar-refractivity contribution < 1.29 is 36.2 Å². The van der Waals surface area contributed by atoms with Crippen LogP contribution in [-0.2, 0) is 5.75 Å². The van der Waals surface area contributed by atoms with Crippen LogP contribution in [0.25, 0.3) is 0 Å². The molecule has 0 aliphatic rings. The van der Waals surface area contributed by atoms with Gasteiger partial charge in [0.05, 0.1) is 24.7 Å². The van der Waals surface area contributed by atoms with Crippen LogP contribution >= 0.6 is 11.8 Å². The van der Waals surface area contributed by atoms with Crippen LogP contribution in [0.2, 0.25) is 0 Å². The van der Waals surface area contributed by atoms with Gasteiger partial charge in [-0.3, -0.25) is 4.79 Å². The number of rotatable bonds is 6. The van der Waals surface area contributed by atoms with Crippen molar-refractivity contribution in [2.75, 3.05) is 14.2 Å². The molecule has 0 aromatic heterocycles. The second kappa shape index (κ2) is 7.73.